The lowest BCUT2D eigenvalue weighted by atomic mass is 10.0. The average molecular weight is 576 g/mol. The molecule has 4 aromatic rings. The van der Waals surface area contributed by atoms with E-state index in [0.29, 0.717) is 5.56 Å². The van der Waals surface area contributed by atoms with E-state index in [4.69, 9.17) is 11.5 Å². The van der Waals surface area contributed by atoms with Crippen LogP contribution in [0.5, 0.6) is 0 Å². The third-order valence-electron chi connectivity index (χ3n) is 6.96. The van der Waals surface area contributed by atoms with Crippen LogP contribution in [0.15, 0.2) is 60.9 Å². The van der Waals surface area contributed by atoms with Crippen LogP contribution >= 0.6 is 0 Å². The van der Waals surface area contributed by atoms with Crippen molar-refractivity contribution in [2.75, 3.05) is 0 Å². The molecule has 0 aliphatic carbocycles. The molecule has 220 valence electrons. The average Bonchev–Trinajstić information content (AvgIpc) is 3.55. The quantitative estimate of drug-likeness (QED) is 0.110. The first-order valence-corrected chi connectivity index (χ1v) is 13.3. The van der Waals surface area contributed by atoms with E-state index in [0.717, 1.165) is 27.4 Å². The molecule has 4 atom stereocenters. The van der Waals surface area contributed by atoms with Gasteiger partial charge in [-0.3, -0.25) is 19.2 Å². The van der Waals surface area contributed by atoms with Crippen LogP contribution in [0.4, 0.5) is 0 Å². The molecule has 4 rings (SSSR count). The Morgan fingerprint density at radius 2 is 1.26 bits per heavy atom. The molecular formula is C29H33N7O6. The van der Waals surface area contributed by atoms with E-state index in [1.54, 1.807) is 12.4 Å². The lowest BCUT2D eigenvalue weighted by molar-refractivity contribution is -0.142. The number of hydrogen-bond donors (Lipinski definition) is 8. The number of amides is 4. The molecule has 0 spiro atoms. The number of carbonyl (C=O) groups is 5. The maximum Gasteiger partial charge on any atom is 0.326 e. The summed E-state index contributed by atoms with van der Waals surface area (Å²) in [7, 11) is 0. The monoisotopic (exact) mass is 575 g/mol. The van der Waals surface area contributed by atoms with Crippen LogP contribution in [0.25, 0.3) is 21.8 Å². The van der Waals surface area contributed by atoms with Gasteiger partial charge < -0.3 is 42.5 Å². The Kier molecular flexibility index (Phi) is 9.22. The minimum atomic E-state index is -1.28. The van der Waals surface area contributed by atoms with Crippen molar-refractivity contribution in [2.24, 2.45) is 11.5 Å². The predicted octanol–water partition coefficient (Wildman–Crippen LogP) is 0.196. The van der Waals surface area contributed by atoms with Gasteiger partial charge in [0.1, 0.15) is 18.1 Å². The van der Waals surface area contributed by atoms with Crippen LogP contribution in [-0.4, -0.2) is 68.8 Å². The first-order chi connectivity index (χ1) is 20.0. The molecule has 4 unspecified atom stereocenters. The third kappa shape index (κ3) is 7.12. The number of rotatable bonds is 13. The number of aromatic amines is 2. The van der Waals surface area contributed by atoms with Crippen LogP contribution in [0.1, 0.15) is 24.5 Å². The second kappa shape index (κ2) is 13.0. The molecular weight excluding hydrogens is 542 g/mol. The molecule has 2 heterocycles. The van der Waals surface area contributed by atoms with Crippen molar-refractivity contribution in [3.05, 3.63) is 72.1 Å². The summed E-state index contributed by atoms with van der Waals surface area (Å²) in [5.41, 5.74) is 14.0. The number of aliphatic carboxylic acids is 1. The molecule has 13 nitrogen and oxygen atoms in total. The maximum absolute atomic E-state index is 13.4. The number of nitrogens with one attached hydrogen (secondary N) is 5. The highest BCUT2D eigenvalue weighted by Crippen LogP contribution is 2.20. The number of carboxylic acid groups (broad SMARTS) is 1. The van der Waals surface area contributed by atoms with E-state index in [-0.39, 0.29) is 12.8 Å². The smallest absolute Gasteiger partial charge is 0.326 e. The van der Waals surface area contributed by atoms with E-state index in [1.165, 1.54) is 6.92 Å². The van der Waals surface area contributed by atoms with E-state index < -0.39 is 60.2 Å². The molecule has 0 saturated carbocycles. The van der Waals surface area contributed by atoms with Gasteiger partial charge in [-0.1, -0.05) is 36.4 Å². The lowest BCUT2D eigenvalue weighted by Gasteiger charge is -2.23. The van der Waals surface area contributed by atoms with Crippen LogP contribution in [0, 0.1) is 0 Å². The molecule has 0 saturated heterocycles. The number of benzene rings is 2. The fourth-order valence-electron chi connectivity index (χ4n) is 4.71. The van der Waals surface area contributed by atoms with Crippen LogP contribution in [0.3, 0.4) is 0 Å². The molecule has 0 bridgehead atoms. The number of fused-ring (bicyclic) bond motifs is 2. The lowest BCUT2D eigenvalue weighted by Crippen LogP contribution is -2.57. The number of nitrogens with two attached hydrogens (primary N) is 2. The van der Waals surface area contributed by atoms with Crippen molar-refractivity contribution >= 4 is 51.4 Å². The summed E-state index contributed by atoms with van der Waals surface area (Å²) in [4.78, 5) is 68.5. The topological polar surface area (TPSA) is 225 Å². The first-order valence-electron chi connectivity index (χ1n) is 13.3. The van der Waals surface area contributed by atoms with Gasteiger partial charge >= 0.3 is 5.97 Å². The Balaban J connectivity index is 1.46. The Bertz CT molecular complexity index is 1630. The molecule has 10 N–H and O–H groups in total. The zero-order chi connectivity index (χ0) is 30.4. The molecule has 0 aliphatic heterocycles. The number of carboxylic acids is 1. The van der Waals surface area contributed by atoms with Crippen molar-refractivity contribution in [3.8, 4) is 0 Å². The van der Waals surface area contributed by atoms with Crippen LogP contribution in [-0.2, 0) is 36.8 Å². The molecule has 4 amide bonds. The summed E-state index contributed by atoms with van der Waals surface area (Å²) in [6.45, 7) is 1.40. The summed E-state index contributed by atoms with van der Waals surface area (Å²) in [6.07, 6.45) is 3.04. The number of primary amides is 1. The van der Waals surface area contributed by atoms with Gasteiger partial charge in [-0.15, -0.1) is 0 Å². The van der Waals surface area contributed by atoms with Gasteiger partial charge in [-0.05, 0) is 30.2 Å². The van der Waals surface area contributed by atoms with Gasteiger partial charge in [-0.2, -0.15) is 0 Å². The number of hydrogen-bond acceptors (Lipinski definition) is 6. The van der Waals surface area contributed by atoms with Gasteiger partial charge in [-0.25, -0.2) is 4.79 Å². The zero-order valence-corrected chi connectivity index (χ0v) is 22.8. The highest BCUT2D eigenvalue weighted by molar-refractivity contribution is 5.95. The Hall–Kier alpha value is -5.17. The molecule has 0 aliphatic rings. The Labute approximate surface area is 240 Å². The summed E-state index contributed by atoms with van der Waals surface area (Å²) < 4.78 is 0. The second-order valence-electron chi connectivity index (χ2n) is 10.1. The summed E-state index contributed by atoms with van der Waals surface area (Å²) in [5, 5.41) is 19.0. The molecule has 0 fully saturated rings. The largest absolute Gasteiger partial charge is 0.480 e. The number of aromatic nitrogens is 2. The van der Waals surface area contributed by atoms with Crippen molar-refractivity contribution in [2.45, 2.75) is 50.4 Å². The van der Waals surface area contributed by atoms with E-state index in [1.807, 2.05) is 48.5 Å². The van der Waals surface area contributed by atoms with E-state index in [2.05, 4.69) is 25.9 Å². The van der Waals surface area contributed by atoms with Gasteiger partial charge in [0.05, 0.1) is 12.5 Å². The maximum atomic E-state index is 13.4. The summed E-state index contributed by atoms with van der Waals surface area (Å²) in [5.74, 6) is -4.21. The van der Waals surface area contributed by atoms with Gasteiger partial charge in [0.25, 0.3) is 0 Å². The van der Waals surface area contributed by atoms with Crippen molar-refractivity contribution in [3.63, 3.8) is 0 Å². The van der Waals surface area contributed by atoms with Crippen molar-refractivity contribution in [1.82, 2.24) is 25.9 Å². The van der Waals surface area contributed by atoms with E-state index >= 15 is 0 Å². The highest BCUT2D eigenvalue weighted by atomic mass is 16.4. The SMILES string of the molecule is CC(NC(=O)C(Cc1c[nH]c2ccccc12)NC(=O)C(N)CC(N)=O)C(=O)NC(Cc1c[nH]c2ccccc12)C(=O)O. The number of H-pyrrole nitrogens is 2. The standard InChI is InChI=1S/C29H33N7O6/c1-15(26(38)36-24(29(41)42)11-17-14-33-22-9-5-3-7-19(17)22)34-28(40)23(35-27(39)20(30)12-25(31)37)10-16-13-32-21-8-4-2-6-18(16)21/h2-9,13-15,20,23-24,32-33H,10-12,30H2,1H3,(H2,31,37)(H,34,40)(H,35,39)(H,36,38)(H,41,42). The Morgan fingerprint density at radius 1 is 0.762 bits per heavy atom. The normalized spacial score (nSPS) is 14.0. The van der Waals surface area contributed by atoms with Gasteiger partial charge in [0, 0.05) is 47.0 Å². The number of para-hydroxylation sites is 2. The fraction of sp³-hybridized carbons (Fsp3) is 0.276. The minimum absolute atomic E-state index is 0.0166. The van der Waals surface area contributed by atoms with Crippen molar-refractivity contribution < 1.29 is 29.1 Å². The molecule has 2 aromatic carbocycles. The summed E-state index contributed by atoms with van der Waals surface area (Å²) >= 11 is 0. The molecule has 42 heavy (non-hydrogen) atoms. The highest BCUT2D eigenvalue weighted by Gasteiger charge is 2.30. The molecule has 2 aromatic heterocycles. The van der Waals surface area contributed by atoms with Crippen LogP contribution in [0.2, 0.25) is 0 Å². The van der Waals surface area contributed by atoms with Crippen LogP contribution < -0.4 is 27.4 Å². The Morgan fingerprint density at radius 3 is 1.79 bits per heavy atom. The van der Waals surface area contributed by atoms with Crippen molar-refractivity contribution in [1.29, 1.82) is 0 Å². The van der Waals surface area contributed by atoms with E-state index in [9.17, 15) is 29.1 Å². The third-order valence-corrected chi connectivity index (χ3v) is 6.96. The van der Waals surface area contributed by atoms with Gasteiger partial charge in [0.2, 0.25) is 23.6 Å². The van der Waals surface area contributed by atoms with Gasteiger partial charge in [0.15, 0.2) is 0 Å². The second-order valence-corrected chi connectivity index (χ2v) is 10.1. The summed E-state index contributed by atoms with van der Waals surface area (Å²) in [6, 6.07) is 9.92. The predicted molar refractivity (Wildman–Crippen MR) is 155 cm³/mol. The minimum Gasteiger partial charge on any atom is -0.480 e. The molecule has 13 heteroatoms. The number of carbonyl (C=O) groups excluding carboxylic acids is 4. The zero-order valence-electron chi connectivity index (χ0n) is 22.8. The molecule has 0 radical (unpaired) electrons. The fourth-order valence-corrected chi connectivity index (χ4v) is 4.71. The first kappa shape index (κ1) is 29.8.